The van der Waals surface area contributed by atoms with Crippen LogP contribution in [-0.4, -0.2) is 67.4 Å². The molecule has 0 atom stereocenters. The molecule has 0 aliphatic heterocycles. The molecule has 0 fully saturated rings. The van der Waals surface area contributed by atoms with Gasteiger partial charge in [0.1, 0.15) is 5.15 Å². The summed E-state index contributed by atoms with van der Waals surface area (Å²) in [5.74, 6) is -1.05. The van der Waals surface area contributed by atoms with E-state index in [0.29, 0.717) is 5.56 Å². The summed E-state index contributed by atoms with van der Waals surface area (Å²) in [5.41, 5.74) is 0.624. The second-order valence-electron chi connectivity index (χ2n) is 2.10. The predicted molar refractivity (Wildman–Crippen MR) is 48.1 cm³/mol. The van der Waals surface area contributed by atoms with E-state index in [2.05, 4.69) is 4.98 Å². The van der Waals surface area contributed by atoms with Crippen LogP contribution in [0.1, 0.15) is 16.1 Å². The number of hydrogen-bond donors (Lipinski definition) is 1. The van der Waals surface area contributed by atoms with Crippen molar-refractivity contribution in [2.24, 2.45) is 0 Å². The van der Waals surface area contributed by atoms with Crippen LogP contribution in [0.25, 0.3) is 0 Å². The van der Waals surface area contributed by atoms with Gasteiger partial charge in [-0.3, -0.25) is 0 Å². The van der Waals surface area contributed by atoms with E-state index >= 15 is 0 Å². The quantitative estimate of drug-likeness (QED) is 0.559. The molecule has 12 heavy (non-hydrogen) atoms. The number of nitrogens with zero attached hydrogens (tertiary/aromatic N) is 1. The van der Waals surface area contributed by atoms with E-state index in [1.54, 1.807) is 19.1 Å². The first-order valence-corrected chi connectivity index (χ1v) is 3.35. The van der Waals surface area contributed by atoms with Crippen molar-refractivity contribution in [3.05, 3.63) is 28.5 Å². The third-order valence-electron chi connectivity index (χ3n) is 1.27. The molecule has 0 saturated heterocycles. The number of rotatable bonds is 1. The average Bonchev–Trinajstić information content (AvgIpc) is 1.94. The molecule has 0 aliphatic carbocycles. The van der Waals surface area contributed by atoms with Crippen molar-refractivity contribution in [1.29, 1.82) is 0 Å². The Morgan fingerprint density at radius 1 is 1.58 bits per heavy atom. The van der Waals surface area contributed by atoms with Gasteiger partial charge in [-0.25, -0.2) is 9.78 Å². The molecule has 3 nitrogen and oxygen atoms in total. The molecule has 0 aromatic carbocycles. The van der Waals surface area contributed by atoms with Crippen LogP contribution in [0.3, 0.4) is 0 Å². The van der Waals surface area contributed by atoms with Crippen LogP contribution < -0.4 is 0 Å². The Morgan fingerprint density at radius 3 is 2.58 bits per heavy atom. The van der Waals surface area contributed by atoms with Gasteiger partial charge in [0.05, 0.1) is 0 Å². The number of carboxylic acids is 1. The number of hydrogen-bond acceptors (Lipinski definition) is 2. The van der Waals surface area contributed by atoms with Gasteiger partial charge in [0, 0.05) is 0 Å². The maximum atomic E-state index is 10.5. The van der Waals surface area contributed by atoms with Gasteiger partial charge in [-0.2, -0.15) is 0 Å². The van der Waals surface area contributed by atoms with Crippen LogP contribution in [0.4, 0.5) is 0 Å². The number of pyridine rings is 1. The summed E-state index contributed by atoms with van der Waals surface area (Å²) >= 11 is 5.49. The van der Waals surface area contributed by atoms with Crippen LogP contribution in [0.5, 0.6) is 0 Å². The third kappa shape index (κ3) is 3.12. The first kappa shape index (κ1) is 12.5. The van der Waals surface area contributed by atoms with Crippen molar-refractivity contribution in [2.45, 2.75) is 6.92 Å². The molecule has 1 rings (SSSR count). The van der Waals surface area contributed by atoms with Gasteiger partial charge >= 0.3 is 57.4 Å². The fourth-order valence-corrected chi connectivity index (χ4v) is 0.869. The summed E-state index contributed by atoms with van der Waals surface area (Å²) in [6, 6.07) is 3.18. The van der Waals surface area contributed by atoms with E-state index in [0.717, 1.165) is 0 Å². The zero-order chi connectivity index (χ0) is 8.43. The Hall–Kier alpha value is 0.546. The molecule has 0 bridgehead atoms. The summed E-state index contributed by atoms with van der Waals surface area (Å²) in [6.07, 6.45) is 0. The van der Waals surface area contributed by atoms with Crippen molar-refractivity contribution < 1.29 is 9.90 Å². The standard InChI is InChI=1S/C7H6ClNO2.K.H/c1-4-2-3-5(8)9-6(4)7(10)11;;/h2-3H,1H3,(H,10,11);;. The molecule has 0 radical (unpaired) electrons. The molecule has 1 N–H and O–H groups in total. The Balaban J connectivity index is 0.00000121. The van der Waals surface area contributed by atoms with Gasteiger partial charge in [0.2, 0.25) is 0 Å². The Bertz CT molecular complexity index is 303. The summed E-state index contributed by atoms with van der Waals surface area (Å²) in [7, 11) is 0. The molecule has 5 heteroatoms. The van der Waals surface area contributed by atoms with Crippen molar-refractivity contribution in [2.75, 3.05) is 0 Å². The van der Waals surface area contributed by atoms with Gasteiger partial charge in [-0.1, -0.05) is 17.7 Å². The van der Waals surface area contributed by atoms with E-state index in [1.807, 2.05) is 0 Å². The minimum atomic E-state index is -1.05. The molecule has 0 amide bonds. The Morgan fingerprint density at radius 2 is 2.17 bits per heavy atom. The summed E-state index contributed by atoms with van der Waals surface area (Å²) in [5, 5.41) is 8.77. The Labute approximate surface area is 118 Å². The van der Waals surface area contributed by atoms with Crippen LogP contribution in [-0.2, 0) is 0 Å². The molecule has 0 spiro atoms. The number of aryl methyl sites for hydroxylation is 1. The SMILES string of the molecule is Cc1ccc(Cl)nc1C(=O)O.[KH]. The van der Waals surface area contributed by atoms with Crippen molar-refractivity contribution >= 4 is 69.0 Å². The third-order valence-corrected chi connectivity index (χ3v) is 1.48. The second-order valence-corrected chi connectivity index (χ2v) is 2.49. The number of aromatic carboxylic acids is 1. The molecule has 1 aromatic rings. The first-order chi connectivity index (χ1) is 5.11. The van der Waals surface area contributed by atoms with Crippen molar-refractivity contribution in [3.8, 4) is 0 Å². The fourth-order valence-electron chi connectivity index (χ4n) is 0.721. The summed E-state index contributed by atoms with van der Waals surface area (Å²) in [4.78, 5) is 14.1. The number of carboxylic acid groups (broad SMARTS) is 1. The molecule has 1 aromatic heterocycles. The van der Waals surface area contributed by atoms with Crippen molar-refractivity contribution in [1.82, 2.24) is 4.98 Å². The predicted octanol–water partition coefficient (Wildman–Crippen LogP) is 1.09. The molecule has 0 saturated carbocycles. The van der Waals surface area contributed by atoms with Gasteiger partial charge < -0.3 is 5.11 Å². The molecular weight excluding hydrogens is 205 g/mol. The average molecular weight is 212 g/mol. The zero-order valence-electron chi connectivity index (χ0n) is 5.84. The van der Waals surface area contributed by atoms with Crippen LogP contribution in [0.15, 0.2) is 12.1 Å². The van der Waals surface area contributed by atoms with Gasteiger partial charge in [-0.15, -0.1) is 0 Å². The maximum absolute atomic E-state index is 10.5. The van der Waals surface area contributed by atoms with E-state index in [9.17, 15) is 4.79 Å². The zero-order valence-corrected chi connectivity index (χ0v) is 6.59. The topological polar surface area (TPSA) is 50.2 Å². The Kier molecular flexibility index (Phi) is 5.56. The molecular formula is C7H7ClKNO2. The van der Waals surface area contributed by atoms with Crippen molar-refractivity contribution in [3.63, 3.8) is 0 Å². The van der Waals surface area contributed by atoms with E-state index in [4.69, 9.17) is 16.7 Å². The second kappa shape index (κ2) is 5.31. The van der Waals surface area contributed by atoms with Crippen LogP contribution in [0.2, 0.25) is 5.15 Å². The fraction of sp³-hybridized carbons (Fsp3) is 0.143. The molecule has 0 aliphatic rings. The van der Waals surface area contributed by atoms with Crippen LogP contribution in [0, 0.1) is 6.92 Å². The van der Waals surface area contributed by atoms with Gasteiger partial charge in [-0.05, 0) is 18.6 Å². The van der Waals surface area contributed by atoms with Crippen LogP contribution >= 0.6 is 11.6 Å². The first-order valence-electron chi connectivity index (χ1n) is 2.97. The number of carbonyl (C=O) groups is 1. The van der Waals surface area contributed by atoms with E-state index < -0.39 is 5.97 Å². The number of aromatic nitrogens is 1. The van der Waals surface area contributed by atoms with E-state index in [-0.39, 0.29) is 62.2 Å². The van der Waals surface area contributed by atoms with E-state index in [1.165, 1.54) is 0 Å². The minimum absolute atomic E-state index is 0. The normalized spacial score (nSPS) is 8.83. The number of halogens is 1. The molecule has 0 unspecified atom stereocenters. The summed E-state index contributed by atoms with van der Waals surface area (Å²) in [6.45, 7) is 1.67. The summed E-state index contributed by atoms with van der Waals surface area (Å²) < 4.78 is 0. The van der Waals surface area contributed by atoms with Gasteiger partial charge in [0.25, 0.3) is 0 Å². The van der Waals surface area contributed by atoms with Gasteiger partial charge in [0.15, 0.2) is 5.69 Å². The molecule has 1 heterocycles. The monoisotopic (exact) mass is 211 g/mol. The molecule has 60 valence electrons.